The molecule has 126 valence electrons. The second-order valence-electron chi connectivity index (χ2n) is 4.71. The summed E-state index contributed by atoms with van der Waals surface area (Å²) < 4.78 is 39.4. The summed E-state index contributed by atoms with van der Waals surface area (Å²) in [6.07, 6.45) is 0. The number of carbonyl (C=O) groups is 1. The number of nitro groups is 1. The zero-order chi connectivity index (χ0) is 17.9. The van der Waals surface area contributed by atoms with Gasteiger partial charge in [-0.3, -0.25) is 19.2 Å². The van der Waals surface area contributed by atoms with Crippen LogP contribution in [0.25, 0.3) is 0 Å². The normalized spacial score (nSPS) is 11.0. The third-order valence-electron chi connectivity index (χ3n) is 3.01. The molecule has 24 heavy (non-hydrogen) atoms. The minimum absolute atomic E-state index is 0.125. The van der Waals surface area contributed by atoms with Gasteiger partial charge in [-0.15, -0.1) is 0 Å². The minimum atomic E-state index is -4.36. The highest BCUT2D eigenvalue weighted by atomic mass is 32.2. The molecule has 2 rings (SSSR count). The fourth-order valence-corrected chi connectivity index (χ4v) is 3.44. The number of carbonyl (C=O) groups excluding carboxylic acids is 1. The van der Waals surface area contributed by atoms with Crippen LogP contribution in [-0.4, -0.2) is 25.8 Å². The molecular formula is C14H12FN3O5S. The number of hydrogen-bond donors (Lipinski definition) is 1. The lowest BCUT2D eigenvalue weighted by Crippen LogP contribution is -2.38. The molecule has 0 aliphatic heterocycles. The summed E-state index contributed by atoms with van der Waals surface area (Å²) >= 11 is 0. The second kappa shape index (κ2) is 6.62. The Morgan fingerprint density at radius 2 is 1.88 bits per heavy atom. The van der Waals surface area contributed by atoms with Gasteiger partial charge in [0.15, 0.2) is 0 Å². The fraction of sp³-hybridized carbons (Fsp3) is 0.0714. The Balaban J connectivity index is 2.57. The number of anilines is 1. The summed E-state index contributed by atoms with van der Waals surface area (Å²) in [4.78, 5) is 20.9. The molecule has 0 atom stereocenters. The summed E-state index contributed by atoms with van der Waals surface area (Å²) in [7, 11) is -4.36. The van der Waals surface area contributed by atoms with E-state index in [0.717, 1.165) is 30.3 Å². The summed E-state index contributed by atoms with van der Waals surface area (Å²) in [6.45, 7) is -0.742. The van der Waals surface area contributed by atoms with Crippen LogP contribution in [0.5, 0.6) is 0 Å². The third kappa shape index (κ3) is 3.66. The number of nitro benzene ring substituents is 1. The van der Waals surface area contributed by atoms with E-state index in [1.807, 2.05) is 0 Å². The molecule has 0 fully saturated rings. The van der Waals surface area contributed by atoms with E-state index < -0.39 is 43.8 Å². The number of sulfonamides is 1. The Hall–Kier alpha value is -3.01. The first kappa shape index (κ1) is 17.3. The molecule has 2 aromatic rings. The minimum Gasteiger partial charge on any atom is -0.368 e. The molecule has 0 saturated heterocycles. The molecule has 0 heterocycles. The van der Waals surface area contributed by atoms with E-state index in [4.69, 9.17) is 5.73 Å². The first-order valence-electron chi connectivity index (χ1n) is 6.53. The number of nitrogens with zero attached hydrogens (tertiary/aromatic N) is 2. The molecule has 0 aromatic heterocycles. The van der Waals surface area contributed by atoms with E-state index in [-0.39, 0.29) is 5.69 Å². The summed E-state index contributed by atoms with van der Waals surface area (Å²) in [5, 5.41) is 10.8. The van der Waals surface area contributed by atoms with Crippen molar-refractivity contribution in [2.24, 2.45) is 5.73 Å². The van der Waals surface area contributed by atoms with Gasteiger partial charge in [-0.1, -0.05) is 12.1 Å². The number of hydrogen-bond acceptors (Lipinski definition) is 5. The average molecular weight is 353 g/mol. The Labute approximate surface area is 136 Å². The van der Waals surface area contributed by atoms with Crippen LogP contribution in [0.1, 0.15) is 0 Å². The quantitative estimate of drug-likeness (QED) is 0.621. The van der Waals surface area contributed by atoms with E-state index in [9.17, 15) is 27.7 Å². The van der Waals surface area contributed by atoms with E-state index >= 15 is 0 Å². The maximum absolute atomic E-state index is 13.4. The Morgan fingerprint density at radius 1 is 1.21 bits per heavy atom. The maximum atomic E-state index is 13.4. The summed E-state index contributed by atoms with van der Waals surface area (Å²) in [5.41, 5.74) is 4.51. The lowest BCUT2D eigenvalue weighted by molar-refractivity contribution is -0.385. The number of nitrogens with two attached hydrogens (primary N) is 1. The van der Waals surface area contributed by atoms with E-state index in [1.54, 1.807) is 0 Å². The molecule has 2 aromatic carbocycles. The van der Waals surface area contributed by atoms with Gasteiger partial charge in [0.1, 0.15) is 12.4 Å². The van der Waals surface area contributed by atoms with Crippen LogP contribution in [0.2, 0.25) is 0 Å². The van der Waals surface area contributed by atoms with E-state index in [2.05, 4.69) is 0 Å². The highest BCUT2D eigenvalue weighted by Crippen LogP contribution is 2.26. The second-order valence-corrected chi connectivity index (χ2v) is 6.57. The standard InChI is InChI=1S/C14H12FN3O5S/c15-10-3-1-4-11(7-10)17(9-14(16)19)24(22,23)13-6-2-5-12(8-13)18(20)21/h1-8H,9H2,(H2,16,19). The molecule has 10 heteroatoms. The van der Waals surface area contributed by atoms with Crippen molar-refractivity contribution in [3.05, 3.63) is 64.5 Å². The fourth-order valence-electron chi connectivity index (χ4n) is 1.97. The topological polar surface area (TPSA) is 124 Å². The molecule has 0 aliphatic carbocycles. The Morgan fingerprint density at radius 3 is 2.46 bits per heavy atom. The van der Waals surface area contributed by atoms with E-state index in [0.29, 0.717) is 4.31 Å². The van der Waals surface area contributed by atoms with Gasteiger partial charge in [-0.05, 0) is 24.3 Å². The van der Waals surface area contributed by atoms with Gasteiger partial charge in [-0.2, -0.15) is 0 Å². The maximum Gasteiger partial charge on any atom is 0.270 e. The van der Waals surface area contributed by atoms with Crippen molar-refractivity contribution in [2.45, 2.75) is 4.90 Å². The SMILES string of the molecule is NC(=O)CN(c1cccc(F)c1)S(=O)(=O)c1cccc([N+](=O)[O-])c1. The predicted octanol–water partition coefficient (Wildman–Crippen LogP) is 1.41. The Kier molecular flexibility index (Phi) is 4.79. The zero-order valence-electron chi connectivity index (χ0n) is 12.1. The van der Waals surface area contributed by atoms with Gasteiger partial charge in [0.2, 0.25) is 5.91 Å². The van der Waals surface area contributed by atoms with Crippen molar-refractivity contribution in [1.29, 1.82) is 0 Å². The molecule has 0 aliphatic rings. The third-order valence-corrected chi connectivity index (χ3v) is 4.78. The number of amides is 1. The number of halogens is 1. The lowest BCUT2D eigenvalue weighted by Gasteiger charge is -2.23. The predicted molar refractivity (Wildman–Crippen MR) is 83.2 cm³/mol. The number of non-ortho nitro benzene ring substituents is 1. The van der Waals surface area contributed by atoms with Crippen LogP contribution in [-0.2, 0) is 14.8 Å². The van der Waals surface area contributed by atoms with Crippen molar-refractivity contribution >= 4 is 27.3 Å². The molecule has 0 radical (unpaired) electrons. The van der Waals surface area contributed by atoms with Crippen molar-refractivity contribution < 1.29 is 22.5 Å². The van der Waals surface area contributed by atoms with Gasteiger partial charge >= 0.3 is 0 Å². The van der Waals surface area contributed by atoms with Gasteiger partial charge in [0, 0.05) is 12.1 Å². The summed E-state index contributed by atoms with van der Waals surface area (Å²) in [5.74, 6) is -1.68. The van der Waals surface area contributed by atoms with Crippen LogP contribution < -0.4 is 10.0 Å². The first-order chi connectivity index (χ1) is 11.2. The highest BCUT2D eigenvalue weighted by molar-refractivity contribution is 7.92. The van der Waals surface area contributed by atoms with Crippen molar-refractivity contribution in [3.63, 3.8) is 0 Å². The Bertz CT molecular complexity index is 901. The van der Waals surface area contributed by atoms with Crippen molar-refractivity contribution in [1.82, 2.24) is 0 Å². The highest BCUT2D eigenvalue weighted by Gasteiger charge is 2.28. The average Bonchev–Trinajstić information content (AvgIpc) is 2.52. The van der Waals surface area contributed by atoms with Gasteiger partial charge in [0.05, 0.1) is 15.5 Å². The van der Waals surface area contributed by atoms with E-state index in [1.165, 1.54) is 18.2 Å². The molecular weight excluding hydrogens is 341 g/mol. The zero-order valence-corrected chi connectivity index (χ0v) is 12.9. The molecule has 0 spiro atoms. The molecule has 8 nitrogen and oxygen atoms in total. The largest absolute Gasteiger partial charge is 0.368 e. The van der Waals surface area contributed by atoms with Crippen LogP contribution in [0.4, 0.5) is 15.8 Å². The smallest absolute Gasteiger partial charge is 0.270 e. The van der Waals surface area contributed by atoms with Gasteiger partial charge in [0.25, 0.3) is 15.7 Å². The number of primary amides is 1. The molecule has 1 amide bonds. The molecule has 0 saturated carbocycles. The van der Waals surface area contributed by atoms with Gasteiger partial charge in [-0.25, -0.2) is 12.8 Å². The molecule has 0 bridgehead atoms. The van der Waals surface area contributed by atoms with Crippen LogP contribution in [0.15, 0.2) is 53.4 Å². The number of benzene rings is 2. The molecule has 2 N–H and O–H groups in total. The van der Waals surface area contributed by atoms with Crippen molar-refractivity contribution in [2.75, 3.05) is 10.8 Å². The summed E-state index contributed by atoms with van der Waals surface area (Å²) in [6, 6.07) is 8.86. The monoisotopic (exact) mass is 353 g/mol. The molecule has 0 unspecified atom stereocenters. The van der Waals surface area contributed by atoms with Crippen LogP contribution in [0.3, 0.4) is 0 Å². The number of rotatable bonds is 6. The first-order valence-corrected chi connectivity index (χ1v) is 7.97. The lowest BCUT2D eigenvalue weighted by atomic mass is 10.3. The van der Waals surface area contributed by atoms with Gasteiger partial charge < -0.3 is 5.73 Å². The van der Waals surface area contributed by atoms with Crippen LogP contribution in [0, 0.1) is 15.9 Å². The van der Waals surface area contributed by atoms with Crippen molar-refractivity contribution in [3.8, 4) is 0 Å². The van der Waals surface area contributed by atoms with Crippen LogP contribution >= 0.6 is 0 Å².